The zero-order valence-corrected chi connectivity index (χ0v) is 21.3. The number of pyridine rings is 1. The summed E-state index contributed by atoms with van der Waals surface area (Å²) < 4.78 is 0. The maximum atomic E-state index is 6.11. The Morgan fingerprint density at radius 1 is 1.24 bits per heavy atom. The maximum absolute atomic E-state index is 6.11. The number of aromatic nitrogens is 1. The molecule has 0 aliphatic carbocycles. The van der Waals surface area contributed by atoms with Gasteiger partial charge in [0.2, 0.25) is 0 Å². The Hall–Kier alpha value is -2.62. The molecule has 1 aliphatic heterocycles. The number of rotatable bonds is 10. The summed E-state index contributed by atoms with van der Waals surface area (Å²) in [6.45, 7) is 11.0. The summed E-state index contributed by atoms with van der Waals surface area (Å²) in [4.78, 5) is 6.86. The number of nitrogens with one attached hydrogen (secondary N) is 2. The van der Waals surface area contributed by atoms with E-state index in [0.717, 1.165) is 47.7 Å². The zero-order valence-electron chi connectivity index (χ0n) is 19.3. The number of nitrogens with two attached hydrogens (primary N) is 4. The van der Waals surface area contributed by atoms with E-state index in [-0.39, 0.29) is 41.6 Å². The SMILES string of the molecule is C=C(NC(c1ccccc1)c1ccc([CH-]N)c(N)n1)C1CCCN1C(=C)C/C(=C/N)NN.[Na+]. The molecule has 0 radical (unpaired) electrons. The van der Waals surface area contributed by atoms with Gasteiger partial charge in [-0.25, -0.2) is 0 Å². The first-order valence-corrected chi connectivity index (χ1v) is 10.6. The summed E-state index contributed by atoms with van der Waals surface area (Å²) in [6, 6.07) is 13.8. The fourth-order valence-electron chi connectivity index (χ4n) is 4.05. The smallest absolute Gasteiger partial charge is 0.434 e. The van der Waals surface area contributed by atoms with Crippen LogP contribution in [0.25, 0.3) is 0 Å². The molecule has 2 aromatic rings. The second-order valence-electron chi connectivity index (χ2n) is 7.82. The predicted molar refractivity (Wildman–Crippen MR) is 130 cm³/mol. The van der Waals surface area contributed by atoms with Crippen molar-refractivity contribution in [1.29, 1.82) is 0 Å². The molecular formula is C24H33N8Na. The summed E-state index contributed by atoms with van der Waals surface area (Å²) in [5, 5.41) is 3.61. The first-order chi connectivity index (χ1) is 15.5. The monoisotopic (exact) mass is 456 g/mol. The fraction of sp³-hybridized carbons (Fsp3) is 0.250. The Bertz CT molecular complexity index is 976. The first kappa shape index (κ1) is 26.6. The van der Waals surface area contributed by atoms with E-state index in [2.05, 4.69) is 45.9 Å². The van der Waals surface area contributed by atoms with Crippen molar-refractivity contribution in [3.05, 3.63) is 102 Å². The minimum Gasteiger partial charge on any atom is -0.434 e. The zero-order chi connectivity index (χ0) is 23.1. The Morgan fingerprint density at radius 3 is 2.58 bits per heavy atom. The number of anilines is 1. The summed E-state index contributed by atoms with van der Waals surface area (Å²) in [7, 11) is 0. The van der Waals surface area contributed by atoms with E-state index < -0.39 is 0 Å². The van der Waals surface area contributed by atoms with E-state index in [4.69, 9.17) is 23.0 Å². The molecule has 0 spiro atoms. The third kappa shape index (κ3) is 6.46. The predicted octanol–water partition coefficient (Wildman–Crippen LogP) is -1.04. The van der Waals surface area contributed by atoms with E-state index in [1.54, 1.807) is 0 Å². The second kappa shape index (κ2) is 12.6. The minimum atomic E-state index is -0.209. The van der Waals surface area contributed by atoms with Gasteiger partial charge in [-0.3, -0.25) is 10.8 Å². The molecule has 1 aromatic carbocycles. The van der Waals surface area contributed by atoms with Crippen LogP contribution in [0, 0.1) is 6.54 Å². The van der Waals surface area contributed by atoms with Crippen LogP contribution in [-0.4, -0.2) is 22.5 Å². The van der Waals surface area contributed by atoms with Crippen LogP contribution >= 0.6 is 0 Å². The number of nitrogen functional groups attached to an aromatic ring is 1. The minimum absolute atomic E-state index is 0. The van der Waals surface area contributed by atoms with Gasteiger partial charge in [-0.15, -0.1) is 12.1 Å². The van der Waals surface area contributed by atoms with Crippen LogP contribution in [0.15, 0.2) is 78.9 Å². The van der Waals surface area contributed by atoms with Crippen molar-refractivity contribution in [2.75, 3.05) is 12.3 Å². The Kier molecular flexibility index (Phi) is 10.1. The van der Waals surface area contributed by atoms with Gasteiger partial charge in [0.15, 0.2) is 0 Å². The Labute approximate surface area is 218 Å². The van der Waals surface area contributed by atoms with Crippen molar-refractivity contribution >= 4 is 5.82 Å². The molecule has 3 rings (SSSR count). The van der Waals surface area contributed by atoms with Gasteiger partial charge >= 0.3 is 29.6 Å². The molecule has 33 heavy (non-hydrogen) atoms. The second-order valence-corrected chi connectivity index (χ2v) is 7.82. The van der Waals surface area contributed by atoms with Crippen LogP contribution in [0.4, 0.5) is 5.82 Å². The van der Waals surface area contributed by atoms with Gasteiger partial charge in [-0.1, -0.05) is 49.6 Å². The molecule has 2 heterocycles. The molecule has 10 N–H and O–H groups in total. The van der Waals surface area contributed by atoms with Gasteiger partial charge in [0.1, 0.15) is 0 Å². The Morgan fingerprint density at radius 2 is 1.97 bits per heavy atom. The molecule has 2 unspecified atom stereocenters. The van der Waals surface area contributed by atoms with Crippen LogP contribution in [0.2, 0.25) is 0 Å². The van der Waals surface area contributed by atoms with Gasteiger partial charge < -0.3 is 32.8 Å². The van der Waals surface area contributed by atoms with E-state index in [1.807, 2.05) is 30.3 Å². The number of benzene rings is 1. The molecule has 9 heteroatoms. The number of likely N-dealkylation sites (tertiary alicyclic amines) is 1. The van der Waals surface area contributed by atoms with Crippen molar-refractivity contribution < 1.29 is 29.6 Å². The topological polar surface area (TPSA) is 144 Å². The maximum Gasteiger partial charge on any atom is 1.00 e. The van der Waals surface area contributed by atoms with Gasteiger partial charge in [0.25, 0.3) is 0 Å². The molecule has 0 saturated carbocycles. The normalized spacial score (nSPS) is 16.5. The van der Waals surface area contributed by atoms with E-state index in [9.17, 15) is 0 Å². The molecule has 170 valence electrons. The van der Waals surface area contributed by atoms with Crippen molar-refractivity contribution in [1.82, 2.24) is 20.6 Å². The molecule has 1 aromatic heterocycles. The van der Waals surface area contributed by atoms with Crippen LogP contribution in [0.1, 0.15) is 42.1 Å². The van der Waals surface area contributed by atoms with Gasteiger partial charge in [0.05, 0.1) is 12.1 Å². The summed E-state index contributed by atoms with van der Waals surface area (Å²) in [5.41, 5.74) is 25.1. The van der Waals surface area contributed by atoms with Crippen LogP contribution in [-0.2, 0) is 0 Å². The van der Waals surface area contributed by atoms with Crippen molar-refractivity contribution in [3.8, 4) is 0 Å². The van der Waals surface area contributed by atoms with Gasteiger partial charge in [0, 0.05) is 47.8 Å². The number of hydrogen-bond acceptors (Lipinski definition) is 8. The average Bonchev–Trinajstić information content (AvgIpc) is 3.31. The third-order valence-corrected chi connectivity index (χ3v) is 5.76. The molecule has 2 atom stereocenters. The van der Waals surface area contributed by atoms with Crippen molar-refractivity contribution in [2.24, 2.45) is 17.3 Å². The molecule has 1 fully saturated rings. The van der Waals surface area contributed by atoms with Crippen LogP contribution < -0.4 is 63.3 Å². The average molecular weight is 457 g/mol. The molecule has 0 bridgehead atoms. The number of hydrazine groups is 1. The Balaban J connectivity index is 0.00000385. The standard InChI is InChI=1S/C24H33N8.Na/c1-16(13-20(15-26)31-28)32-12-6-9-22(32)17(2)29-23(18-7-4-3-5-8-18)21-11-10-19(14-25)24(27)30-21;/h3-5,7-8,10-11,14-15,22-23,29,31H,1-2,6,9,12-13,25-26,28H2,(H2,27,30);/q-1;+1/b20-15-;. The van der Waals surface area contributed by atoms with Crippen LogP contribution in [0.5, 0.6) is 0 Å². The largest absolute Gasteiger partial charge is 1.00 e. The first-order valence-electron chi connectivity index (χ1n) is 10.6. The van der Waals surface area contributed by atoms with Gasteiger partial charge in [-0.05, 0) is 18.4 Å². The van der Waals surface area contributed by atoms with E-state index in [0.29, 0.717) is 17.8 Å². The summed E-state index contributed by atoms with van der Waals surface area (Å²) >= 11 is 0. The van der Waals surface area contributed by atoms with E-state index >= 15 is 0 Å². The molecule has 1 saturated heterocycles. The molecule has 8 nitrogen and oxygen atoms in total. The molecule has 0 amide bonds. The number of nitrogens with zero attached hydrogens (tertiary/aromatic N) is 2. The molecule has 1 aliphatic rings. The summed E-state index contributed by atoms with van der Waals surface area (Å²) in [5.74, 6) is 5.93. The number of hydrogen-bond donors (Lipinski definition) is 6. The third-order valence-electron chi connectivity index (χ3n) is 5.76. The van der Waals surface area contributed by atoms with E-state index in [1.165, 1.54) is 12.7 Å². The quantitative estimate of drug-likeness (QED) is 0.115. The van der Waals surface area contributed by atoms with Crippen molar-refractivity contribution in [3.63, 3.8) is 0 Å². The fourth-order valence-corrected chi connectivity index (χ4v) is 4.05. The summed E-state index contributed by atoms with van der Waals surface area (Å²) in [6.07, 6.45) is 4.03. The van der Waals surface area contributed by atoms with Gasteiger partial charge in [-0.2, -0.15) is 6.07 Å². The van der Waals surface area contributed by atoms with Crippen LogP contribution in [0.3, 0.4) is 0 Å². The van der Waals surface area contributed by atoms with Crippen molar-refractivity contribution in [2.45, 2.75) is 31.3 Å². The molecular weight excluding hydrogens is 423 g/mol.